The van der Waals surface area contributed by atoms with Crippen LogP contribution < -0.4 is 0 Å². The summed E-state index contributed by atoms with van der Waals surface area (Å²) >= 11 is 0. The van der Waals surface area contributed by atoms with E-state index in [1.807, 2.05) is 4.90 Å². The summed E-state index contributed by atoms with van der Waals surface area (Å²) in [6, 6.07) is 21.2. The number of halogens is 1. The lowest BCUT2D eigenvalue weighted by atomic mass is 9.67. The van der Waals surface area contributed by atoms with Crippen molar-refractivity contribution in [1.82, 2.24) is 14.7 Å². The molecule has 0 spiro atoms. The van der Waals surface area contributed by atoms with Gasteiger partial charge in [-0.05, 0) is 69.2 Å². The summed E-state index contributed by atoms with van der Waals surface area (Å²) in [6.07, 6.45) is -0.437. The van der Waals surface area contributed by atoms with E-state index in [0.717, 1.165) is 0 Å². The number of nitrogens with zero attached hydrogens (tertiary/aromatic N) is 5. The van der Waals surface area contributed by atoms with Crippen molar-refractivity contribution in [2.24, 2.45) is 11.8 Å². The Bertz CT molecular complexity index is 1770. The van der Waals surface area contributed by atoms with Gasteiger partial charge in [-0.3, -0.25) is 19.3 Å². The molecule has 2 atom stereocenters. The lowest BCUT2D eigenvalue weighted by Crippen LogP contribution is -2.56. The van der Waals surface area contributed by atoms with Gasteiger partial charge in [0.15, 0.2) is 11.6 Å². The molecule has 0 aromatic heterocycles. The van der Waals surface area contributed by atoms with Gasteiger partial charge in [-0.2, -0.15) is 10.5 Å². The average Bonchev–Trinajstić information content (AvgIpc) is 3.11. The molecule has 11 heteroatoms. The van der Waals surface area contributed by atoms with Gasteiger partial charge in [-0.25, -0.2) is 9.18 Å². The maximum absolute atomic E-state index is 15.1. The van der Waals surface area contributed by atoms with Gasteiger partial charge in [0.25, 0.3) is 0 Å². The van der Waals surface area contributed by atoms with Crippen LogP contribution in [-0.2, 0) is 9.53 Å². The van der Waals surface area contributed by atoms with E-state index in [1.54, 1.807) is 98.2 Å². The van der Waals surface area contributed by atoms with Crippen molar-refractivity contribution in [3.05, 3.63) is 106 Å². The first-order chi connectivity index (χ1) is 23.8. The molecule has 2 saturated heterocycles. The van der Waals surface area contributed by atoms with Crippen LogP contribution in [0.5, 0.6) is 0 Å². The number of benzene rings is 3. The third-order valence-electron chi connectivity index (χ3n) is 9.36. The minimum atomic E-state index is -0.846. The van der Waals surface area contributed by atoms with Gasteiger partial charge in [0.2, 0.25) is 5.91 Å². The second-order valence-corrected chi connectivity index (χ2v) is 13.8. The average molecular weight is 678 g/mol. The molecule has 5 rings (SSSR count). The fraction of sp³-hybridized carbons (Fsp3) is 0.385. The SMILES string of the molecule is Cc1c(F)cccc1C1C(C(=O)c2ccc(C#N)cc2)CN(CC(=O)N2CCN(C(=O)OC(C)(C)C)CC2)CC1C(=O)c1ccc(C#N)cc1. The van der Waals surface area contributed by atoms with E-state index >= 15 is 4.39 Å². The number of piperazine rings is 1. The van der Waals surface area contributed by atoms with Crippen LogP contribution in [0.2, 0.25) is 0 Å². The quantitative estimate of drug-likeness (QED) is 0.306. The van der Waals surface area contributed by atoms with Crippen LogP contribution in [0.1, 0.15) is 69.7 Å². The molecule has 3 aromatic rings. The third kappa shape index (κ3) is 8.07. The first-order valence-corrected chi connectivity index (χ1v) is 16.6. The molecule has 2 amide bonds. The monoisotopic (exact) mass is 677 g/mol. The Morgan fingerprint density at radius 2 is 1.26 bits per heavy atom. The number of amides is 2. The van der Waals surface area contributed by atoms with Gasteiger partial charge < -0.3 is 14.5 Å². The van der Waals surface area contributed by atoms with Gasteiger partial charge >= 0.3 is 6.09 Å². The lowest BCUT2D eigenvalue weighted by Gasteiger charge is -2.44. The standard InChI is InChI=1S/C39H40FN5O5/c1-25-30(6-5-7-33(25)40)35-31(36(47)28-12-8-26(20-41)9-13-28)22-43(23-32(35)37(48)29-14-10-27(21-42)11-15-29)24-34(46)44-16-18-45(19-17-44)38(49)50-39(2,3)4/h5-15,31-32,35H,16-19,22-24H2,1-4H3. The largest absolute Gasteiger partial charge is 0.444 e. The first-order valence-electron chi connectivity index (χ1n) is 16.6. The molecule has 0 saturated carbocycles. The van der Waals surface area contributed by atoms with Crippen molar-refractivity contribution in [2.75, 3.05) is 45.8 Å². The highest BCUT2D eigenvalue weighted by atomic mass is 19.1. The second-order valence-electron chi connectivity index (χ2n) is 13.8. The molecule has 0 bridgehead atoms. The van der Waals surface area contributed by atoms with Crippen molar-refractivity contribution < 1.29 is 28.3 Å². The third-order valence-corrected chi connectivity index (χ3v) is 9.36. The molecular weight excluding hydrogens is 637 g/mol. The first kappa shape index (κ1) is 35.9. The van der Waals surface area contributed by atoms with Crippen LogP contribution in [0.4, 0.5) is 9.18 Å². The maximum atomic E-state index is 15.1. The minimum absolute atomic E-state index is 0.0738. The summed E-state index contributed by atoms with van der Waals surface area (Å²) in [5.74, 6) is -3.67. The number of nitriles is 2. The summed E-state index contributed by atoms with van der Waals surface area (Å²) in [4.78, 5) is 60.2. The number of hydrogen-bond acceptors (Lipinski definition) is 8. The number of likely N-dealkylation sites (tertiary alicyclic amines) is 1. The number of rotatable bonds is 7. The Labute approximate surface area is 291 Å². The predicted molar refractivity (Wildman–Crippen MR) is 183 cm³/mol. The molecule has 50 heavy (non-hydrogen) atoms. The number of carbonyl (C=O) groups is 4. The van der Waals surface area contributed by atoms with E-state index in [0.29, 0.717) is 59.6 Å². The molecule has 0 aliphatic carbocycles. The highest BCUT2D eigenvalue weighted by Crippen LogP contribution is 2.42. The molecule has 2 fully saturated rings. The molecule has 2 aliphatic rings. The molecule has 0 N–H and O–H groups in total. The summed E-state index contributed by atoms with van der Waals surface area (Å²) < 4.78 is 20.6. The topological polar surface area (TPSA) is 135 Å². The van der Waals surface area contributed by atoms with Crippen molar-refractivity contribution >= 4 is 23.6 Å². The number of hydrogen-bond donors (Lipinski definition) is 0. The van der Waals surface area contributed by atoms with E-state index in [1.165, 1.54) is 6.07 Å². The van der Waals surface area contributed by atoms with Gasteiger partial charge in [0, 0.05) is 68.1 Å². The van der Waals surface area contributed by atoms with Crippen LogP contribution in [0.15, 0.2) is 66.7 Å². The summed E-state index contributed by atoms with van der Waals surface area (Å²) in [7, 11) is 0. The predicted octanol–water partition coefficient (Wildman–Crippen LogP) is 5.35. The molecular formula is C39H40FN5O5. The van der Waals surface area contributed by atoms with Crippen molar-refractivity contribution in [1.29, 1.82) is 10.5 Å². The van der Waals surface area contributed by atoms with Crippen LogP contribution in [-0.4, -0.2) is 89.7 Å². The zero-order chi connectivity index (χ0) is 36.2. The molecule has 258 valence electrons. The fourth-order valence-corrected chi connectivity index (χ4v) is 6.78. The Kier molecular flexibility index (Phi) is 10.8. The van der Waals surface area contributed by atoms with E-state index in [2.05, 4.69) is 12.1 Å². The van der Waals surface area contributed by atoms with Crippen molar-refractivity contribution in [2.45, 2.75) is 39.2 Å². The minimum Gasteiger partial charge on any atom is -0.444 e. The van der Waals surface area contributed by atoms with Gasteiger partial charge in [0.05, 0.1) is 29.8 Å². The van der Waals surface area contributed by atoms with Gasteiger partial charge in [0.1, 0.15) is 11.4 Å². The highest BCUT2D eigenvalue weighted by Gasteiger charge is 2.46. The molecule has 10 nitrogen and oxygen atoms in total. The van der Waals surface area contributed by atoms with E-state index < -0.39 is 35.3 Å². The molecule has 2 heterocycles. The Morgan fingerprint density at radius 3 is 1.72 bits per heavy atom. The van der Waals surface area contributed by atoms with Crippen molar-refractivity contribution in [3.8, 4) is 12.1 Å². The lowest BCUT2D eigenvalue weighted by molar-refractivity contribution is -0.134. The normalized spacial score (nSPS) is 19.6. The summed E-state index contributed by atoms with van der Waals surface area (Å²) in [5.41, 5.74) is 1.67. The van der Waals surface area contributed by atoms with Crippen LogP contribution in [0.3, 0.4) is 0 Å². The second kappa shape index (κ2) is 15.0. The highest BCUT2D eigenvalue weighted by molar-refractivity contribution is 6.02. The number of piperidine rings is 1. The number of ether oxygens (including phenoxy) is 1. The van der Waals surface area contributed by atoms with E-state index in [9.17, 15) is 29.7 Å². The fourth-order valence-electron chi connectivity index (χ4n) is 6.78. The zero-order valence-electron chi connectivity index (χ0n) is 28.7. The van der Waals surface area contributed by atoms with Gasteiger partial charge in [-0.15, -0.1) is 0 Å². The van der Waals surface area contributed by atoms with Crippen molar-refractivity contribution in [3.63, 3.8) is 0 Å². The molecule has 0 radical (unpaired) electrons. The molecule has 2 unspecified atom stereocenters. The number of carbonyl (C=O) groups excluding carboxylic acids is 4. The number of Topliss-reactive ketones (excluding diaryl/α,β-unsaturated/α-hetero) is 2. The zero-order valence-corrected chi connectivity index (χ0v) is 28.7. The summed E-state index contributed by atoms with van der Waals surface area (Å²) in [6.45, 7) is 8.41. The molecule has 3 aromatic carbocycles. The van der Waals surface area contributed by atoms with Gasteiger partial charge in [-0.1, -0.05) is 36.4 Å². The smallest absolute Gasteiger partial charge is 0.410 e. The van der Waals surface area contributed by atoms with E-state index in [-0.39, 0.29) is 37.1 Å². The Hall–Kier alpha value is -5.39. The number of ketones is 2. The maximum Gasteiger partial charge on any atom is 0.410 e. The summed E-state index contributed by atoms with van der Waals surface area (Å²) in [5, 5.41) is 18.6. The molecule has 2 aliphatic heterocycles. The van der Waals surface area contributed by atoms with E-state index in [4.69, 9.17) is 4.74 Å². The van der Waals surface area contributed by atoms with Crippen LogP contribution in [0, 0.1) is 47.2 Å². The Morgan fingerprint density at radius 1 is 0.780 bits per heavy atom. The van der Waals surface area contributed by atoms with Crippen LogP contribution in [0.25, 0.3) is 0 Å². The van der Waals surface area contributed by atoms with Crippen LogP contribution >= 0.6 is 0 Å². The Balaban J connectivity index is 1.47.